The molecule has 0 atom stereocenters. The Hall–Kier alpha value is -2.14. The number of hydrogen-bond donors (Lipinski definition) is 1. The molecule has 2 rings (SSSR count). The zero-order chi connectivity index (χ0) is 13.8. The summed E-state index contributed by atoms with van der Waals surface area (Å²) in [5.74, 6) is -0.0453. The van der Waals surface area contributed by atoms with Gasteiger partial charge in [0.25, 0.3) is 5.91 Å². The summed E-state index contributed by atoms with van der Waals surface area (Å²) in [6.45, 7) is 3.06. The van der Waals surface area contributed by atoms with Crippen molar-refractivity contribution in [3.8, 4) is 0 Å². The maximum absolute atomic E-state index is 12.4. The minimum Gasteiger partial charge on any atom is -0.326 e. The molecule has 19 heavy (non-hydrogen) atoms. The van der Waals surface area contributed by atoms with Crippen LogP contribution in [0.5, 0.6) is 0 Å². The maximum atomic E-state index is 12.4. The largest absolute Gasteiger partial charge is 0.326 e. The van der Waals surface area contributed by atoms with Gasteiger partial charge in [-0.2, -0.15) is 5.10 Å². The van der Waals surface area contributed by atoms with E-state index in [-0.39, 0.29) is 5.91 Å². The molecule has 0 aliphatic rings. The Labute approximate surface area is 112 Å². The number of anilines is 1. The molecule has 0 bridgehead atoms. The zero-order valence-corrected chi connectivity index (χ0v) is 11.2. The number of rotatable bonds is 4. The Morgan fingerprint density at radius 2 is 2.05 bits per heavy atom. The topological polar surface area (TPSA) is 64.2 Å². The van der Waals surface area contributed by atoms with Crippen molar-refractivity contribution in [3.05, 3.63) is 47.8 Å². The van der Waals surface area contributed by atoms with Crippen molar-refractivity contribution in [2.24, 2.45) is 12.8 Å². The van der Waals surface area contributed by atoms with Crippen LogP contribution in [0.2, 0.25) is 0 Å². The van der Waals surface area contributed by atoms with Crippen molar-refractivity contribution in [2.45, 2.75) is 13.5 Å². The highest BCUT2D eigenvalue weighted by atomic mass is 16.2. The van der Waals surface area contributed by atoms with Crippen LogP contribution in [0, 0.1) is 0 Å². The maximum Gasteiger partial charge on any atom is 0.261 e. The molecule has 1 amide bonds. The number of amides is 1. The van der Waals surface area contributed by atoms with Crippen LogP contribution in [0.1, 0.15) is 22.8 Å². The summed E-state index contributed by atoms with van der Waals surface area (Å²) in [6.07, 6.45) is 3.30. The SMILES string of the molecule is CCN(C(=O)c1cnn(C)c1)c1ccc(CN)cc1. The molecule has 1 heterocycles. The van der Waals surface area contributed by atoms with Gasteiger partial charge in [0.05, 0.1) is 11.8 Å². The molecule has 0 spiro atoms. The van der Waals surface area contributed by atoms with Crippen molar-refractivity contribution in [2.75, 3.05) is 11.4 Å². The molecular weight excluding hydrogens is 240 g/mol. The third-order valence-corrected chi connectivity index (χ3v) is 3.00. The number of hydrogen-bond acceptors (Lipinski definition) is 3. The highest BCUT2D eigenvalue weighted by Crippen LogP contribution is 2.17. The lowest BCUT2D eigenvalue weighted by atomic mass is 10.2. The molecule has 0 fully saturated rings. The Morgan fingerprint density at radius 1 is 1.37 bits per heavy atom. The van der Waals surface area contributed by atoms with Gasteiger partial charge >= 0.3 is 0 Å². The normalized spacial score (nSPS) is 10.5. The molecule has 0 saturated carbocycles. The van der Waals surface area contributed by atoms with E-state index in [9.17, 15) is 4.79 Å². The van der Waals surface area contributed by atoms with E-state index in [4.69, 9.17) is 5.73 Å². The van der Waals surface area contributed by atoms with Crippen LogP contribution in [-0.2, 0) is 13.6 Å². The average molecular weight is 258 g/mol. The molecule has 0 radical (unpaired) electrons. The van der Waals surface area contributed by atoms with Crippen molar-refractivity contribution in [1.82, 2.24) is 9.78 Å². The smallest absolute Gasteiger partial charge is 0.261 e. The minimum absolute atomic E-state index is 0.0453. The van der Waals surface area contributed by atoms with Gasteiger partial charge in [0.2, 0.25) is 0 Å². The predicted octanol–water partition coefficient (Wildman–Crippen LogP) is 1.55. The lowest BCUT2D eigenvalue weighted by molar-refractivity contribution is 0.0988. The molecular formula is C14H18N4O. The first kappa shape index (κ1) is 13.3. The zero-order valence-electron chi connectivity index (χ0n) is 11.2. The number of carbonyl (C=O) groups excluding carboxylic acids is 1. The van der Waals surface area contributed by atoms with E-state index >= 15 is 0 Å². The Kier molecular flexibility index (Phi) is 3.97. The Morgan fingerprint density at radius 3 is 2.53 bits per heavy atom. The van der Waals surface area contributed by atoms with E-state index in [0.29, 0.717) is 18.7 Å². The fourth-order valence-corrected chi connectivity index (χ4v) is 1.94. The molecule has 0 aliphatic heterocycles. The molecule has 1 aromatic carbocycles. The molecule has 0 saturated heterocycles. The molecule has 2 N–H and O–H groups in total. The molecule has 100 valence electrons. The summed E-state index contributed by atoms with van der Waals surface area (Å²) in [5.41, 5.74) is 8.08. The van der Waals surface area contributed by atoms with E-state index in [1.807, 2.05) is 31.2 Å². The van der Waals surface area contributed by atoms with Crippen LogP contribution >= 0.6 is 0 Å². The van der Waals surface area contributed by atoms with Crippen LogP contribution in [-0.4, -0.2) is 22.2 Å². The number of benzene rings is 1. The van der Waals surface area contributed by atoms with Gasteiger partial charge < -0.3 is 10.6 Å². The molecule has 2 aromatic rings. The van der Waals surface area contributed by atoms with E-state index < -0.39 is 0 Å². The molecule has 5 heteroatoms. The first-order valence-corrected chi connectivity index (χ1v) is 6.25. The number of nitrogens with two attached hydrogens (primary N) is 1. The van der Waals surface area contributed by atoms with Gasteiger partial charge in [-0.15, -0.1) is 0 Å². The van der Waals surface area contributed by atoms with Crippen molar-refractivity contribution >= 4 is 11.6 Å². The summed E-state index contributed by atoms with van der Waals surface area (Å²) in [7, 11) is 1.79. The molecule has 5 nitrogen and oxygen atoms in total. The van der Waals surface area contributed by atoms with E-state index in [1.165, 1.54) is 0 Å². The molecule has 0 unspecified atom stereocenters. The lowest BCUT2D eigenvalue weighted by Crippen LogP contribution is -2.30. The van der Waals surface area contributed by atoms with Gasteiger partial charge in [0, 0.05) is 32.0 Å². The first-order chi connectivity index (χ1) is 9.15. The first-order valence-electron chi connectivity index (χ1n) is 6.25. The molecule has 0 aliphatic carbocycles. The van der Waals surface area contributed by atoms with Crippen LogP contribution in [0.4, 0.5) is 5.69 Å². The summed E-state index contributed by atoms with van der Waals surface area (Å²) >= 11 is 0. The van der Waals surface area contributed by atoms with Crippen LogP contribution in [0.25, 0.3) is 0 Å². The van der Waals surface area contributed by atoms with Gasteiger partial charge in [0.1, 0.15) is 0 Å². The minimum atomic E-state index is -0.0453. The highest BCUT2D eigenvalue weighted by Gasteiger charge is 2.17. The van der Waals surface area contributed by atoms with Gasteiger partial charge in [-0.1, -0.05) is 12.1 Å². The number of carbonyl (C=O) groups is 1. The van der Waals surface area contributed by atoms with Gasteiger partial charge in [-0.25, -0.2) is 0 Å². The van der Waals surface area contributed by atoms with E-state index in [1.54, 1.807) is 29.0 Å². The average Bonchev–Trinajstić information content (AvgIpc) is 2.87. The molecule has 1 aromatic heterocycles. The van der Waals surface area contributed by atoms with Crippen molar-refractivity contribution in [3.63, 3.8) is 0 Å². The fourth-order valence-electron chi connectivity index (χ4n) is 1.94. The van der Waals surface area contributed by atoms with Gasteiger partial charge in [0.15, 0.2) is 0 Å². The Bertz CT molecular complexity index is 559. The third kappa shape index (κ3) is 2.82. The van der Waals surface area contributed by atoms with Crippen molar-refractivity contribution in [1.29, 1.82) is 0 Å². The second-order valence-corrected chi connectivity index (χ2v) is 4.32. The van der Waals surface area contributed by atoms with Crippen molar-refractivity contribution < 1.29 is 4.79 Å². The van der Waals surface area contributed by atoms with Crippen LogP contribution < -0.4 is 10.6 Å². The van der Waals surface area contributed by atoms with E-state index in [2.05, 4.69) is 5.10 Å². The number of nitrogens with zero attached hydrogens (tertiary/aromatic N) is 3. The Balaban J connectivity index is 2.25. The summed E-state index contributed by atoms with van der Waals surface area (Å²) in [6, 6.07) is 7.71. The fraction of sp³-hybridized carbons (Fsp3) is 0.286. The van der Waals surface area contributed by atoms with Crippen LogP contribution in [0.3, 0.4) is 0 Å². The van der Waals surface area contributed by atoms with E-state index in [0.717, 1.165) is 11.3 Å². The number of aryl methyl sites for hydroxylation is 1. The summed E-state index contributed by atoms with van der Waals surface area (Å²) in [4.78, 5) is 14.1. The third-order valence-electron chi connectivity index (χ3n) is 3.00. The lowest BCUT2D eigenvalue weighted by Gasteiger charge is -2.20. The highest BCUT2D eigenvalue weighted by molar-refractivity contribution is 6.05. The second-order valence-electron chi connectivity index (χ2n) is 4.32. The number of aromatic nitrogens is 2. The van der Waals surface area contributed by atoms with Gasteiger partial charge in [-0.3, -0.25) is 9.48 Å². The summed E-state index contributed by atoms with van der Waals surface area (Å²) < 4.78 is 1.62. The summed E-state index contributed by atoms with van der Waals surface area (Å²) in [5, 5.41) is 4.03. The second kappa shape index (κ2) is 5.67. The van der Waals surface area contributed by atoms with Gasteiger partial charge in [-0.05, 0) is 24.6 Å². The monoisotopic (exact) mass is 258 g/mol. The predicted molar refractivity (Wildman–Crippen MR) is 74.9 cm³/mol. The van der Waals surface area contributed by atoms with Crippen LogP contribution in [0.15, 0.2) is 36.7 Å². The quantitative estimate of drug-likeness (QED) is 0.904. The standard InChI is InChI=1S/C14H18N4O/c1-3-18(13-6-4-11(8-15)5-7-13)14(19)12-9-16-17(2)10-12/h4-7,9-10H,3,8,15H2,1-2H3.